The van der Waals surface area contributed by atoms with E-state index in [1.54, 1.807) is 45.8 Å². The van der Waals surface area contributed by atoms with E-state index in [-0.39, 0.29) is 33.0 Å². The molecule has 1 aliphatic rings. The van der Waals surface area contributed by atoms with Gasteiger partial charge in [0, 0.05) is 45.2 Å². The second-order valence-corrected chi connectivity index (χ2v) is 18.7. The summed E-state index contributed by atoms with van der Waals surface area (Å²) in [5.41, 5.74) is -1.35. The van der Waals surface area contributed by atoms with E-state index in [1.165, 1.54) is 12.1 Å². The molecule has 0 saturated carbocycles. The molecule has 0 spiro atoms. The number of ether oxygens (including phenoxy) is 3. The highest BCUT2D eigenvalue weighted by Gasteiger charge is 2.39. The molecule has 51 heavy (non-hydrogen) atoms. The zero-order valence-corrected chi connectivity index (χ0v) is 32.5. The number of esters is 2. The number of anilines is 1. The number of nitrogens with one attached hydrogen (secondary N) is 1. The molecule has 3 aromatic rings. The van der Waals surface area contributed by atoms with E-state index in [1.807, 2.05) is 38.1 Å². The zero-order chi connectivity index (χ0) is 38.1. The Hall–Kier alpha value is -3.72. The first-order chi connectivity index (χ1) is 23.5. The molecule has 0 amide bonds. The fraction of sp³-hybridized carbons (Fsp3) is 0.472. The van der Waals surface area contributed by atoms with E-state index >= 15 is 0 Å². The van der Waals surface area contributed by atoms with Gasteiger partial charge in [-0.1, -0.05) is 35.9 Å². The molecule has 2 unspecified atom stereocenters. The molecule has 1 fully saturated rings. The number of rotatable bonds is 11. The quantitative estimate of drug-likeness (QED) is 0.0885. The van der Waals surface area contributed by atoms with Crippen molar-refractivity contribution >= 4 is 61.8 Å². The van der Waals surface area contributed by atoms with Gasteiger partial charge < -0.3 is 19.5 Å². The van der Waals surface area contributed by atoms with Crippen LogP contribution in [0.4, 0.5) is 15.8 Å². The van der Waals surface area contributed by atoms with Crippen molar-refractivity contribution in [3.63, 3.8) is 0 Å². The first-order valence-electron chi connectivity index (χ1n) is 16.3. The molecule has 0 bridgehead atoms. The van der Waals surface area contributed by atoms with Gasteiger partial charge in [0.2, 0.25) is 5.82 Å². The van der Waals surface area contributed by atoms with E-state index in [9.17, 15) is 28.3 Å². The lowest BCUT2D eigenvalue weighted by molar-refractivity contribution is -0.387. The predicted octanol–water partition coefficient (Wildman–Crippen LogP) is 8.28. The van der Waals surface area contributed by atoms with Gasteiger partial charge in [-0.2, -0.15) is 4.39 Å². The number of piperidine rings is 1. The van der Waals surface area contributed by atoms with Crippen LogP contribution in [0.1, 0.15) is 83.5 Å². The number of carbonyl (C=O) groups is 2. The molecule has 15 heteroatoms. The lowest BCUT2D eigenvalue weighted by atomic mass is 9.89. The number of nitro groups is 1. The van der Waals surface area contributed by atoms with Crippen LogP contribution in [0.25, 0.3) is 10.4 Å². The lowest BCUT2D eigenvalue weighted by Gasteiger charge is -2.47. The number of nitrogens with zero attached hydrogens (tertiary/aromatic N) is 2. The molecule has 2 heterocycles. The number of thiophene rings is 1. The Labute approximate surface area is 307 Å². The van der Waals surface area contributed by atoms with Crippen LogP contribution in [-0.2, 0) is 29.7 Å². The molecule has 11 nitrogen and oxygen atoms in total. The molecular weight excluding hydrogens is 721 g/mol. The molecule has 2 aromatic carbocycles. The van der Waals surface area contributed by atoms with Crippen LogP contribution in [0.5, 0.6) is 5.75 Å². The summed E-state index contributed by atoms with van der Waals surface area (Å²) in [6, 6.07) is 11.3. The summed E-state index contributed by atoms with van der Waals surface area (Å²) in [5, 5.41) is 15.0. The van der Waals surface area contributed by atoms with E-state index in [0.717, 1.165) is 23.1 Å². The summed E-state index contributed by atoms with van der Waals surface area (Å²) >= 11 is 7.93. The maximum Gasteiger partial charge on any atom is 0.352 e. The van der Waals surface area contributed by atoms with Gasteiger partial charge >= 0.3 is 17.6 Å². The van der Waals surface area contributed by atoms with Crippen molar-refractivity contribution in [2.45, 2.75) is 96.8 Å². The molecule has 1 saturated heterocycles. The highest BCUT2D eigenvalue weighted by molar-refractivity contribution is 7.97. The number of hydrogen-bond donors (Lipinski definition) is 1. The number of hydrogen-bond acceptors (Lipinski definition) is 10. The van der Waals surface area contributed by atoms with Crippen molar-refractivity contribution in [2.24, 2.45) is 0 Å². The van der Waals surface area contributed by atoms with Gasteiger partial charge in [-0.15, -0.1) is 11.3 Å². The van der Waals surface area contributed by atoms with Gasteiger partial charge in [-0.25, -0.2) is 13.9 Å². The zero-order valence-electron chi connectivity index (χ0n) is 30.1. The van der Waals surface area contributed by atoms with E-state index < -0.39 is 61.4 Å². The van der Waals surface area contributed by atoms with Crippen molar-refractivity contribution in [3.05, 3.63) is 73.9 Å². The monoisotopic (exact) mass is 765 g/mol. The summed E-state index contributed by atoms with van der Waals surface area (Å²) in [6.45, 7) is 14.3. The third-order valence-corrected chi connectivity index (χ3v) is 11.7. The van der Waals surface area contributed by atoms with Gasteiger partial charge in [0.1, 0.15) is 16.2 Å². The van der Waals surface area contributed by atoms with Gasteiger partial charge in [0.15, 0.2) is 17.2 Å². The average Bonchev–Trinajstić information content (AvgIpc) is 3.30. The van der Waals surface area contributed by atoms with Crippen LogP contribution in [0.15, 0.2) is 42.5 Å². The molecule has 278 valence electrons. The van der Waals surface area contributed by atoms with Gasteiger partial charge in [0.05, 0.1) is 15.6 Å². The minimum atomic E-state index is -3.04. The molecule has 2 atom stereocenters. The van der Waals surface area contributed by atoms with Crippen LogP contribution in [-0.4, -0.2) is 67.2 Å². The van der Waals surface area contributed by atoms with Crippen LogP contribution in [0.3, 0.4) is 0 Å². The van der Waals surface area contributed by atoms with Crippen LogP contribution in [0, 0.1) is 15.9 Å². The van der Waals surface area contributed by atoms with Crippen LogP contribution in [0.2, 0.25) is 5.02 Å². The second-order valence-electron chi connectivity index (χ2n) is 15.0. The predicted molar refractivity (Wildman–Crippen MR) is 201 cm³/mol. The maximum absolute atomic E-state index is 14.9. The standard InChI is InChI=1S/C36H45ClFN3O8S2/c1-34(2,3)48-27(42)20-47-30-28(37)31(50-32(30)33(43)49-35(4,5)6)22-12-10-14-24(18-22)39-25-16-17-40(36(7,8)19-25)51(9,46)21-23-13-11-15-26(29(23)38)41(44)45/h10-15,18,25,39H,9,16-17,19-21H2,1-8H3. The number of nitro benzene ring substituents is 1. The fourth-order valence-corrected chi connectivity index (χ4v) is 9.64. The van der Waals surface area contributed by atoms with E-state index in [4.69, 9.17) is 25.8 Å². The molecule has 0 radical (unpaired) electrons. The Kier molecular flexibility index (Phi) is 11.9. The summed E-state index contributed by atoms with van der Waals surface area (Å²) in [6.07, 6.45) is 1.15. The minimum Gasteiger partial charge on any atom is -0.479 e. The van der Waals surface area contributed by atoms with Crippen molar-refractivity contribution in [1.29, 1.82) is 0 Å². The van der Waals surface area contributed by atoms with E-state index in [0.29, 0.717) is 29.8 Å². The number of halogens is 2. The minimum absolute atomic E-state index is 0.0162. The highest BCUT2D eigenvalue weighted by atomic mass is 35.5. The SMILES string of the molecule is C=S(=O)(Cc1cccc([N+](=O)[O-])c1F)N1CCC(Nc2cccc(-c3sc(C(=O)OC(C)(C)C)c(OCC(=O)OC(C)(C)C)c3Cl)c2)CC1(C)C. The third-order valence-electron chi connectivity index (χ3n) is 7.78. The van der Waals surface area contributed by atoms with Gasteiger partial charge in [0.25, 0.3) is 0 Å². The Morgan fingerprint density at radius 3 is 2.39 bits per heavy atom. The van der Waals surface area contributed by atoms with Crippen molar-refractivity contribution in [1.82, 2.24) is 4.31 Å². The van der Waals surface area contributed by atoms with Crippen LogP contribution < -0.4 is 10.1 Å². The molecule has 1 aliphatic heterocycles. The molecule has 1 aromatic heterocycles. The molecular formula is C36H45ClFN3O8S2. The lowest BCUT2D eigenvalue weighted by Crippen LogP contribution is -2.55. The van der Waals surface area contributed by atoms with Crippen molar-refractivity contribution in [3.8, 4) is 16.2 Å². The highest BCUT2D eigenvalue weighted by Crippen LogP contribution is 2.47. The summed E-state index contributed by atoms with van der Waals surface area (Å²) in [4.78, 5) is 36.8. The first-order valence-corrected chi connectivity index (χ1v) is 19.3. The Morgan fingerprint density at radius 2 is 1.78 bits per heavy atom. The Balaban J connectivity index is 1.54. The third kappa shape index (κ3) is 10.2. The number of benzene rings is 2. The molecule has 4 rings (SSSR count). The van der Waals surface area contributed by atoms with Crippen LogP contribution >= 0.6 is 22.9 Å². The average molecular weight is 766 g/mol. The topological polar surface area (TPSA) is 137 Å². The normalized spacial score (nSPS) is 17.6. The fourth-order valence-electron chi connectivity index (χ4n) is 5.92. The van der Waals surface area contributed by atoms with Gasteiger partial charge in [-0.05, 0) is 91.8 Å². The maximum atomic E-state index is 14.9. The Morgan fingerprint density at radius 1 is 1.14 bits per heavy atom. The molecule has 0 aliphatic carbocycles. The number of carbonyl (C=O) groups excluding carboxylic acids is 2. The summed E-state index contributed by atoms with van der Waals surface area (Å²) in [7, 11) is -3.04. The van der Waals surface area contributed by atoms with Crippen molar-refractivity contribution in [2.75, 3.05) is 18.5 Å². The second kappa shape index (κ2) is 15.1. The summed E-state index contributed by atoms with van der Waals surface area (Å²) < 4.78 is 47.3. The van der Waals surface area contributed by atoms with Gasteiger partial charge in [-0.3, -0.25) is 14.3 Å². The Bertz CT molecular complexity index is 1920. The first kappa shape index (κ1) is 40.1. The van der Waals surface area contributed by atoms with Crippen molar-refractivity contribution < 1.29 is 37.3 Å². The largest absolute Gasteiger partial charge is 0.479 e. The smallest absolute Gasteiger partial charge is 0.352 e. The molecule has 1 N–H and O–H groups in total. The van der Waals surface area contributed by atoms with E-state index in [2.05, 4.69) is 11.2 Å². The summed E-state index contributed by atoms with van der Waals surface area (Å²) in [5.74, 6) is 1.47.